The summed E-state index contributed by atoms with van der Waals surface area (Å²) in [4.78, 5) is 71.2. The van der Waals surface area contributed by atoms with Crippen LogP contribution in [-0.2, 0) is 24.6 Å². The average Bonchev–Trinajstić information content (AvgIpc) is 3.57. The van der Waals surface area contributed by atoms with Crippen LogP contribution in [0.25, 0.3) is 0 Å². The van der Waals surface area contributed by atoms with Crippen molar-refractivity contribution < 1.29 is 38.7 Å². The van der Waals surface area contributed by atoms with Gasteiger partial charge in [-0.15, -0.1) is 0 Å². The molecule has 13 nitrogen and oxygen atoms in total. The van der Waals surface area contributed by atoms with E-state index in [0.717, 1.165) is 9.91 Å². The van der Waals surface area contributed by atoms with E-state index in [0.29, 0.717) is 31.0 Å². The average molecular weight is 910 g/mol. The molecule has 2 saturated heterocycles. The normalized spacial score (nSPS) is 25.4. The molecule has 8 rings (SSSR count). The van der Waals surface area contributed by atoms with Crippen LogP contribution in [0.2, 0.25) is 10.0 Å². The van der Waals surface area contributed by atoms with Crippen LogP contribution >= 0.6 is 45.8 Å². The molecule has 4 amide bonds. The number of imide groups is 2. The van der Waals surface area contributed by atoms with E-state index in [1.54, 1.807) is 48.5 Å². The van der Waals surface area contributed by atoms with Crippen LogP contribution in [0.4, 0.5) is 17.1 Å². The second-order valence-electron chi connectivity index (χ2n) is 14.1. The highest BCUT2D eigenvalue weighted by Gasteiger charge is 2.70. The van der Waals surface area contributed by atoms with E-state index in [2.05, 4.69) is 5.43 Å². The smallest absolute Gasteiger partial charge is 0.271 e. The first-order valence-corrected chi connectivity index (χ1v) is 19.3. The molecule has 2 aliphatic carbocycles. The maximum absolute atomic E-state index is 15.5. The highest BCUT2D eigenvalue weighted by molar-refractivity contribution is 14.1. The lowest BCUT2D eigenvalue weighted by atomic mass is 9.49. The lowest BCUT2D eigenvalue weighted by Crippen LogP contribution is -2.53. The predicted molar refractivity (Wildman–Crippen MR) is 214 cm³/mol. The number of benzene rings is 4. The third-order valence-corrected chi connectivity index (χ3v) is 12.9. The minimum Gasteiger partial charge on any atom is -0.504 e. The molecule has 4 aliphatic rings. The number of methoxy groups -OCH3 is 2. The number of nitro benzene ring substituents is 1. The largest absolute Gasteiger partial charge is 0.504 e. The van der Waals surface area contributed by atoms with E-state index >= 15 is 4.79 Å². The number of phenolic OH excluding ortho intramolecular Hbond substituents is 1. The Morgan fingerprint density at radius 3 is 2.36 bits per heavy atom. The summed E-state index contributed by atoms with van der Waals surface area (Å²) in [6, 6.07) is 20.2. The molecule has 6 atom stereocenters. The summed E-state index contributed by atoms with van der Waals surface area (Å²) in [6.07, 6.45) is 2.01. The molecule has 4 aromatic carbocycles. The van der Waals surface area contributed by atoms with Crippen molar-refractivity contribution in [3.05, 3.63) is 125 Å². The van der Waals surface area contributed by atoms with E-state index < -0.39 is 63.6 Å². The van der Waals surface area contributed by atoms with Crippen LogP contribution in [0, 0.1) is 37.4 Å². The first-order chi connectivity index (χ1) is 26.8. The van der Waals surface area contributed by atoms with Gasteiger partial charge < -0.3 is 14.6 Å². The van der Waals surface area contributed by atoms with Crippen molar-refractivity contribution in [2.45, 2.75) is 24.2 Å². The van der Waals surface area contributed by atoms with Crippen molar-refractivity contribution in [2.75, 3.05) is 24.5 Å². The number of anilines is 2. The van der Waals surface area contributed by atoms with Crippen LogP contribution in [0.5, 0.6) is 17.2 Å². The third kappa shape index (κ3) is 5.63. The van der Waals surface area contributed by atoms with Crippen molar-refractivity contribution in [3.8, 4) is 17.2 Å². The summed E-state index contributed by atoms with van der Waals surface area (Å²) in [6.45, 7) is 0. The molecule has 0 radical (unpaired) electrons. The van der Waals surface area contributed by atoms with E-state index in [-0.39, 0.29) is 46.4 Å². The fraction of sp³-hybridized carbons (Fsp3) is 0.250. The van der Waals surface area contributed by atoms with Gasteiger partial charge >= 0.3 is 0 Å². The van der Waals surface area contributed by atoms with E-state index in [4.69, 9.17) is 32.7 Å². The number of rotatable bonds is 8. The van der Waals surface area contributed by atoms with Gasteiger partial charge in [-0.2, -0.15) is 5.01 Å². The maximum atomic E-state index is 15.5. The zero-order valence-electron chi connectivity index (χ0n) is 29.6. The molecule has 0 aromatic heterocycles. The number of fused-ring (bicyclic) bond motifs is 4. The van der Waals surface area contributed by atoms with Crippen molar-refractivity contribution >= 4 is 86.5 Å². The van der Waals surface area contributed by atoms with Gasteiger partial charge in [0.1, 0.15) is 5.75 Å². The van der Waals surface area contributed by atoms with Crippen LogP contribution in [0.3, 0.4) is 0 Å². The molecule has 0 unspecified atom stereocenters. The Kier molecular flexibility index (Phi) is 9.48. The fourth-order valence-electron chi connectivity index (χ4n) is 9.13. The van der Waals surface area contributed by atoms with Crippen LogP contribution < -0.4 is 19.8 Å². The number of halogens is 3. The predicted octanol–water partition coefficient (Wildman–Crippen LogP) is 7.42. The highest BCUT2D eigenvalue weighted by Crippen LogP contribution is 2.65. The Hall–Kier alpha value is -5.19. The minimum absolute atomic E-state index is 0.000735. The molecule has 2 aliphatic heterocycles. The van der Waals surface area contributed by atoms with Gasteiger partial charge in [-0.1, -0.05) is 53.1 Å². The molecule has 2 N–H and O–H groups in total. The number of carbonyl (C=O) groups excluding carboxylic acids is 4. The van der Waals surface area contributed by atoms with Crippen molar-refractivity contribution in [1.82, 2.24) is 5.01 Å². The van der Waals surface area contributed by atoms with Crippen LogP contribution in [0.15, 0.2) is 90.5 Å². The molecule has 3 fully saturated rings. The Bertz CT molecular complexity index is 2410. The number of carbonyl (C=O) groups is 4. The molecule has 0 spiro atoms. The van der Waals surface area contributed by atoms with Crippen molar-refractivity contribution in [1.29, 1.82) is 0 Å². The molecule has 16 heteroatoms. The van der Waals surface area contributed by atoms with Gasteiger partial charge in [0.05, 0.1) is 62.3 Å². The van der Waals surface area contributed by atoms with Gasteiger partial charge in [0.25, 0.3) is 17.5 Å². The number of nitro groups is 1. The summed E-state index contributed by atoms with van der Waals surface area (Å²) in [5.41, 5.74) is 3.05. The highest BCUT2D eigenvalue weighted by atomic mass is 127. The molecular weight excluding hydrogens is 878 g/mol. The van der Waals surface area contributed by atoms with Crippen molar-refractivity contribution in [2.24, 2.45) is 23.7 Å². The lowest BCUT2D eigenvalue weighted by Gasteiger charge is -2.50. The van der Waals surface area contributed by atoms with Crippen LogP contribution in [0.1, 0.15) is 29.9 Å². The quantitative estimate of drug-likeness (QED) is 0.0597. The summed E-state index contributed by atoms with van der Waals surface area (Å²) in [5.74, 6) is -6.22. The monoisotopic (exact) mass is 908 g/mol. The lowest BCUT2D eigenvalue weighted by molar-refractivity contribution is -0.384. The van der Waals surface area contributed by atoms with Gasteiger partial charge in [-0.05, 0) is 101 Å². The third-order valence-electron chi connectivity index (χ3n) is 11.5. The summed E-state index contributed by atoms with van der Waals surface area (Å²) in [7, 11) is 2.92. The van der Waals surface area contributed by atoms with Gasteiger partial charge in [0.15, 0.2) is 11.5 Å². The summed E-state index contributed by atoms with van der Waals surface area (Å²) >= 11 is 14.7. The Balaban J connectivity index is 1.34. The Labute approximate surface area is 343 Å². The topological polar surface area (TPSA) is 169 Å². The number of aromatic hydroxyl groups is 1. The van der Waals surface area contributed by atoms with Crippen molar-refractivity contribution in [3.63, 3.8) is 0 Å². The zero-order chi connectivity index (χ0) is 39.8. The van der Waals surface area contributed by atoms with E-state index in [9.17, 15) is 29.6 Å². The van der Waals surface area contributed by atoms with E-state index in [1.807, 2.05) is 28.7 Å². The SMILES string of the molecule is COc1ccc([C@@]23C(=O)N(Nc4ccc(Cl)cc4Cl)C(=O)[C@@H]2C[C@@H]2C(=CC[C@@H]4C(=O)N(c5cccc([N+](=O)[O-])c5)C(=O)[C@@H]42)[C@@H]3c2cc(I)c(O)c(OC)c2)cc1. The second kappa shape index (κ2) is 14.1. The first-order valence-electron chi connectivity index (χ1n) is 17.4. The number of nitrogens with zero attached hydrogens (tertiary/aromatic N) is 3. The standard InChI is InChI=1S/C40H31Cl2IN4O9/c1-55-24-9-6-20(7-10-24)40-28(37(50)46(39(40)52)44-31-13-8-21(41)16-29(31)42)18-27-25(34(40)19-14-30(43)35(48)32(15-19)56-2)11-12-26-33(27)38(51)45(36(26)49)22-4-3-5-23(17-22)47(53)54/h3-11,13-17,26-28,33-34,44,48H,12,18H2,1-2H3/t26-,27+,28-,33-,34-,40+/m0/s1. The first kappa shape index (κ1) is 37.7. The number of nitrogens with one attached hydrogen (secondary N) is 1. The number of hydrogen-bond donors (Lipinski definition) is 2. The minimum atomic E-state index is -1.64. The molecule has 286 valence electrons. The Morgan fingerprint density at radius 1 is 0.929 bits per heavy atom. The molecule has 56 heavy (non-hydrogen) atoms. The number of ether oxygens (including phenoxy) is 2. The molecule has 1 saturated carbocycles. The summed E-state index contributed by atoms with van der Waals surface area (Å²) in [5, 5.41) is 24.1. The number of hydrogen-bond acceptors (Lipinski definition) is 10. The maximum Gasteiger partial charge on any atom is 0.271 e. The Morgan fingerprint density at radius 2 is 1.68 bits per heavy atom. The van der Waals surface area contributed by atoms with Crippen LogP contribution in [-0.4, -0.2) is 52.9 Å². The number of allylic oxidation sites excluding steroid dienone is 2. The van der Waals surface area contributed by atoms with Gasteiger partial charge in [-0.3, -0.25) is 34.7 Å². The number of hydrazine groups is 1. The van der Waals surface area contributed by atoms with Gasteiger partial charge in [-0.25, -0.2) is 4.90 Å². The molecular formula is C40H31Cl2IN4O9. The molecule has 4 aromatic rings. The van der Waals surface area contributed by atoms with Gasteiger partial charge in [0, 0.05) is 23.1 Å². The number of phenols is 1. The zero-order valence-corrected chi connectivity index (χ0v) is 33.2. The second-order valence-corrected chi connectivity index (χ2v) is 16.1. The number of non-ortho nitro benzene ring substituents is 1. The molecule has 0 bridgehead atoms. The van der Waals surface area contributed by atoms with E-state index in [1.165, 1.54) is 44.6 Å². The molecule has 2 heterocycles. The number of amides is 4. The summed E-state index contributed by atoms with van der Waals surface area (Å²) < 4.78 is 11.5. The fourth-order valence-corrected chi connectivity index (χ4v) is 10.2. The van der Waals surface area contributed by atoms with Gasteiger partial charge in [0.2, 0.25) is 11.8 Å².